The lowest BCUT2D eigenvalue weighted by Crippen LogP contribution is -2.36. The van der Waals surface area contributed by atoms with Gasteiger partial charge < -0.3 is 15.3 Å². The van der Waals surface area contributed by atoms with E-state index in [4.69, 9.17) is 5.11 Å². The molecule has 1 aliphatic carbocycles. The first-order valence-electron chi connectivity index (χ1n) is 12.3. The van der Waals surface area contributed by atoms with Gasteiger partial charge in [-0.2, -0.15) is 0 Å². The Morgan fingerprint density at radius 1 is 1.03 bits per heavy atom. The van der Waals surface area contributed by atoms with E-state index < -0.39 is 0 Å². The number of piperidine rings is 1. The fraction of sp³-hybridized carbons (Fsp3) is 0.593. The summed E-state index contributed by atoms with van der Waals surface area (Å²) in [5, 5.41) is 12.3. The molecule has 1 aromatic rings. The Balaban J connectivity index is 0.000000391. The second kappa shape index (κ2) is 12.8. The van der Waals surface area contributed by atoms with Crippen molar-refractivity contribution in [1.29, 1.82) is 0 Å². The number of allylic oxidation sites excluding steroid dienone is 1. The standard InChI is InChI=1S/C21H29N3O.C6H12/c1-3-19-20(15-23-21(19)22-2)18-6-4-16(5-7-18)14-17-8-10-24(11-9-17)12-13-25;1-2-4-6-5-3-1/h3-7,15,17,25H,8-14H2,1-2H3,(H,22,23);1-6H2/b19-3-;. The largest absolute Gasteiger partial charge is 0.395 e. The van der Waals surface area contributed by atoms with Gasteiger partial charge in [0.05, 0.1) is 6.61 Å². The maximum absolute atomic E-state index is 9.04. The molecule has 31 heavy (non-hydrogen) atoms. The molecule has 0 bridgehead atoms. The van der Waals surface area contributed by atoms with E-state index in [9.17, 15) is 0 Å². The molecule has 2 aliphatic heterocycles. The van der Waals surface area contributed by atoms with Crippen molar-refractivity contribution in [2.24, 2.45) is 10.9 Å². The first-order chi connectivity index (χ1) is 15.2. The van der Waals surface area contributed by atoms with Crippen molar-refractivity contribution in [3.63, 3.8) is 0 Å². The molecule has 4 heteroatoms. The van der Waals surface area contributed by atoms with Crippen molar-refractivity contribution < 1.29 is 5.11 Å². The van der Waals surface area contributed by atoms with Crippen LogP contribution in [-0.2, 0) is 6.42 Å². The Morgan fingerprint density at radius 2 is 1.65 bits per heavy atom. The van der Waals surface area contributed by atoms with E-state index in [2.05, 4.69) is 52.5 Å². The molecule has 4 nitrogen and oxygen atoms in total. The van der Waals surface area contributed by atoms with Gasteiger partial charge in [-0.3, -0.25) is 4.99 Å². The predicted octanol–water partition coefficient (Wildman–Crippen LogP) is 5.19. The zero-order valence-corrected chi connectivity index (χ0v) is 19.6. The number of likely N-dealkylation sites (tertiary alicyclic amines) is 1. The Morgan fingerprint density at radius 3 is 2.16 bits per heavy atom. The molecule has 0 spiro atoms. The Hall–Kier alpha value is -1.91. The van der Waals surface area contributed by atoms with E-state index in [0.717, 1.165) is 37.8 Å². The molecule has 2 N–H and O–H groups in total. The molecule has 1 saturated heterocycles. The molecular weight excluding hydrogens is 382 g/mol. The summed E-state index contributed by atoms with van der Waals surface area (Å²) in [6.45, 7) is 5.38. The number of aliphatic imine (C=N–C) groups is 1. The van der Waals surface area contributed by atoms with Gasteiger partial charge in [-0.05, 0) is 56.3 Å². The van der Waals surface area contributed by atoms with E-state index in [1.165, 1.54) is 73.6 Å². The Bertz CT molecular complexity index is 740. The van der Waals surface area contributed by atoms with Crippen LogP contribution in [-0.4, -0.2) is 49.1 Å². The predicted molar refractivity (Wildman–Crippen MR) is 132 cm³/mol. The number of nitrogens with one attached hydrogen (secondary N) is 1. The van der Waals surface area contributed by atoms with Crippen molar-refractivity contribution in [3.8, 4) is 0 Å². The fourth-order valence-electron chi connectivity index (χ4n) is 4.91. The number of aliphatic hydroxyl groups is 1. The molecule has 1 aromatic carbocycles. The summed E-state index contributed by atoms with van der Waals surface area (Å²) in [6.07, 6.45) is 16.8. The van der Waals surface area contributed by atoms with Gasteiger partial charge in [-0.15, -0.1) is 0 Å². The van der Waals surface area contributed by atoms with Crippen molar-refractivity contribution >= 4 is 11.4 Å². The van der Waals surface area contributed by atoms with Crippen LogP contribution in [0.2, 0.25) is 0 Å². The minimum Gasteiger partial charge on any atom is -0.395 e. The number of amidine groups is 1. The van der Waals surface area contributed by atoms with Crippen LogP contribution in [0.1, 0.15) is 69.4 Å². The third-order valence-corrected chi connectivity index (χ3v) is 6.82. The van der Waals surface area contributed by atoms with Crippen LogP contribution in [0.4, 0.5) is 0 Å². The quantitative estimate of drug-likeness (QED) is 0.685. The summed E-state index contributed by atoms with van der Waals surface area (Å²) in [6, 6.07) is 8.99. The number of hydrogen-bond acceptors (Lipinski definition) is 3. The van der Waals surface area contributed by atoms with Gasteiger partial charge in [-0.25, -0.2) is 0 Å². The molecule has 3 aliphatic rings. The fourth-order valence-corrected chi connectivity index (χ4v) is 4.91. The van der Waals surface area contributed by atoms with Crippen LogP contribution in [0, 0.1) is 5.92 Å². The number of benzene rings is 1. The lowest BCUT2D eigenvalue weighted by molar-refractivity contribution is 0.147. The highest BCUT2D eigenvalue weighted by Gasteiger charge is 2.20. The average molecular weight is 424 g/mol. The molecule has 0 amide bonds. The molecule has 0 aromatic heterocycles. The third-order valence-electron chi connectivity index (χ3n) is 6.82. The lowest BCUT2D eigenvalue weighted by atomic mass is 9.89. The van der Waals surface area contributed by atoms with Crippen molar-refractivity contribution in [3.05, 3.63) is 53.2 Å². The van der Waals surface area contributed by atoms with Crippen LogP contribution < -0.4 is 5.32 Å². The van der Waals surface area contributed by atoms with Crippen LogP contribution >= 0.6 is 0 Å². The normalized spacial score (nSPS) is 22.7. The van der Waals surface area contributed by atoms with Crippen molar-refractivity contribution in [1.82, 2.24) is 10.2 Å². The van der Waals surface area contributed by atoms with Crippen molar-refractivity contribution in [2.75, 3.05) is 33.3 Å². The first kappa shape index (κ1) is 23.7. The summed E-state index contributed by atoms with van der Waals surface area (Å²) in [5.74, 6) is 1.70. The average Bonchev–Trinajstić information content (AvgIpc) is 3.26. The van der Waals surface area contributed by atoms with Crippen LogP contribution in [0.25, 0.3) is 5.57 Å². The smallest absolute Gasteiger partial charge is 0.132 e. The van der Waals surface area contributed by atoms with Gasteiger partial charge >= 0.3 is 0 Å². The van der Waals surface area contributed by atoms with Crippen LogP contribution in [0.3, 0.4) is 0 Å². The maximum atomic E-state index is 9.04. The molecule has 170 valence electrons. The highest BCUT2D eigenvalue weighted by molar-refractivity contribution is 6.16. The topological polar surface area (TPSA) is 47.9 Å². The van der Waals surface area contributed by atoms with Crippen molar-refractivity contribution in [2.45, 2.75) is 64.7 Å². The summed E-state index contributed by atoms with van der Waals surface area (Å²) in [4.78, 5) is 6.66. The number of nitrogens with zero attached hydrogens (tertiary/aromatic N) is 2. The van der Waals surface area contributed by atoms with Crippen LogP contribution in [0.15, 0.2) is 47.1 Å². The number of rotatable bonds is 5. The van der Waals surface area contributed by atoms with Gasteiger partial charge in [-0.1, -0.05) is 68.9 Å². The maximum Gasteiger partial charge on any atom is 0.132 e. The van der Waals surface area contributed by atoms with E-state index in [0.29, 0.717) is 0 Å². The van der Waals surface area contributed by atoms with Gasteiger partial charge in [0.1, 0.15) is 5.84 Å². The van der Waals surface area contributed by atoms with Gasteiger partial charge in [0.2, 0.25) is 0 Å². The molecule has 2 fully saturated rings. The highest BCUT2D eigenvalue weighted by Crippen LogP contribution is 2.28. The number of β-amino-alcohol motifs (C(OH)–C–C–N with tert-alkyl or cyclic N) is 1. The molecular formula is C27H41N3O. The number of hydrogen-bond donors (Lipinski definition) is 2. The summed E-state index contributed by atoms with van der Waals surface area (Å²) < 4.78 is 0. The van der Waals surface area contributed by atoms with E-state index in [-0.39, 0.29) is 6.61 Å². The minimum absolute atomic E-state index is 0.273. The molecule has 1 saturated carbocycles. The molecule has 2 heterocycles. The monoisotopic (exact) mass is 423 g/mol. The van der Waals surface area contributed by atoms with E-state index in [1.54, 1.807) is 0 Å². The first-order valence-corrected chi connectivity index (χ1v) is 12.3. The Labute approximate surface area is 189 Å². The lowest BCUT2D eigenvalue weighted by Gasteiger charge is -2.31. The second-order valence-corrected chi connectivity index (χ2v) is 9.01. The number of aliphatic hydroxyl groups excluding tert-OH is 1. The summed E-state index contributed by atoms with van der Waals surface area (Å²) >= 11 is 0. The van der Waals surface area contributed by atoms with Gasteiger partial charge in [0, 0.05) is 30.9 Å². The molecule has 4 rings (SSSR count). The Kier molecular flexibility index (Phi) is 9.83. The SMILES string of the molecule is C/C=C1/C(c2ccc(CC3CCN(CCO)CC3)cc2)=CNC1=NC.C1CCCCC1. The third kappa shape index (κ3) is 7.05. The second-order valence-electron chi connectivity index (χ2n) is 9.01. The van der Waals surface area contributed by atoms with Gasteiger partial charge in [0.15, 0.2) is 0 Å². The minimum atomic E-state index is 0.273. The van der Waals surface area contributed by atoms with Gasteiger partial charge in [0.25, 0.3) is 0 Å². The summed E-state index contributed by atoms with van der Waals surface area (Å²) in [7, 11) is 1.82. The molecule has 0 unspecified atom stereocenters. The van der Waals surface area contributed by atoms with Crippen LogP contribution in [0.5, 0.6) is 0 Å². The highest BCUT2D eigenvalue weighted by atomic mass is 16.3. The van der Waals surface area contributed by atoms with E-state index >= 15 is 0 Å². The summed E-state index contributed by atoms with van der Waals surface area (Å²) in [5.41, 5.74) is 5.04. The van der Waals surface area contributed by atoms with E-state index in [1.807, 2.05) is 13.2 Å². The zero-order valence-electron chi connectivity index (χ0n) is 19.6. The molecule has 0 atom stereocenters. The zero-order chi connectivity index (χ0) is 21.9. The molecule has 0 radical (unpaired) electrons.